The highest BCUT2D eigenvalue weighted by atomic mass is 16.3. The van der Waals surface area contributed by atoms with Crippen molar-refractivity contribution in [2.45, 2.75) is 32.4 Å². The Morgan fingerprint density at radius 1 is 1.57 bits per heavy atom. The van der Waals surface area contributed by atoms with Crippen LogP contribution in [0.1, 0.15) is 20.3 Å². The fourth-order valence-corrected chi connectivity index (χ4v) is 1.11. The van der Waals surface area contributed by atoms with Crippen molar-refractivity contribution in [1.29, 1.82) is 0 Å². The van der Waals surface area contributed by atoms with Gasteiger partial charge in [0.15, 0.2) is 0 Å². The number of aromatic nitrogens is 2. The quantitative estimate of drug-likeness (QED) is 0.658. The van der Waals surface area contributed by atoms with Crippen LogP contribution in [0.25, 0.3) is 0 Å². The Hall–Kier alpha value is -0.870. The van der Waals surface area contributed by atoms with Crippen molar-refractivity contribution in [2.75, 3.05) is 13.1 Å². The summed E-state index contributed by atoms with van der Waals surface area (Å²) in [6, 6.07) is 0. The standard InChI is InChI=1S/C10H19N3O/c1-3-10(2,14)8-11-4-6-13-7-5-12-9-13/h5,7,9,11,14H,3-4,6,8H2,1-2H3. The molecule has 0 aliphatic heterocycles. The number of nitrogens with one attached hydrogen (secondary N) is 1. The molecular formula is C10H19N3O. The lowest BCUT2D eigenvalue weighted by Gasteiger charge is -2.21. The van der Waals surface area contributed by atoms with Crippen molar-refractivity contribution in [3.05, 3.63) is 18.7 Å². The lowest BCUT2D eigenvalue weighted by Crippen LogP contribution is -2.38. The zero-order valence-electron chi connectivity index (χ0n) is 8.90. The lowest BCUT2D eigenvalue weighted by molar-refractivity contribution is 0.0558. The molecule has 1 unspecified atom stereocenters. The number of aliphatic hydroxyl groups is 1. The minimum Gasteiger partial charge on any atom is -0.389 e. The molecule has 0 aliphatic rings. The van der Waals surface area contributed by atoms with Crippen LogP contribution < -0.4 is 5.32 Å². The first-order valence-electron chi connectivity index (χ1n) is 5.03. The van der Waals surface area contributed by atoms with Crippen LogP contribution in [0.2, 0.25) is 0 Å². The molecule has 0 radical (unpaired) electrons. The summed E-state index contributed by atoms with van der Waals surface area (Å²) in [4.78, 5) is 3.95. The van der Waals surface area contributed by atoms with Crippen molar-refractivity contribution < 1.29 is 5.11 Å². The normalized spacial score (nSPS) is 15.4. The van der Waals surface area contributed by atoms with E-state index in [1.807, 2.05) is 24.6 Å². The van der Waals surface area contributed by atoms with Gasteiger partial charge in [0, 0.05) is 32.0 Å². The number of nitrogens with zero attached hydrogens (tertiary/aromatic N) is 2. The molecule has 1 rings (SSSR count). The molecule has 0 saturated heterocycles. The van der Waals surface area contributed by atoms with E-state index in [9.17, 15) is 5.11 Å². The molecule has 1 aromatic heterocycles. The monoisotopic (exact) mass is 197 g/mol. The molecule has 0 fully saturated rings. The molecule has 80 valence electrons. The maximum Gasteiger partial charge on any atom is 0.0946 e. The van der Waals surface area contributed by atoms with Crippen LogP contribution in [0, 0.1) is 0 Å². The highest BCUT2D eigenvalue weighted by Gasteiger charge is 2.15. The van der Waals surface area contributed by atoms with Gasteiger partial charge in [-0.25, -0.2) is 4.98 Å². The predicted octanol–water partition coefficient (Wildman–Crippen LogP) is 0.634. The molecular weight excluding hydrogens is 178 g/mol. The molecule has 0 bridgehead atoms. The summed E-state index contributed by atoms with van der Waals surface area (Å²) in [7, 11) is 0. The van der Waals surface area contributed by atoms with Crippen molar-refractivity contribution >= 4 is 0 Å². The van der Waals surface area contributed by atoms with E-state index in [1.165, 1.54) is 0 Å². The second-order valence-corrected chi connectivity index (χ2v) is 3.83. The van der Waals surface area contributed by atoms with Crippen LogP contribution in [0.15, 0.2) is 18.7 Å². The topological polar surface area (TPSA) is 50.1 Å². The number of hydrogen-bond acceptors (Lipinski definition) is 3. The zero-order valence-corrected chi connectivity index (χ0v) is 8.90. The summed E-state index contributed by atoms with van der Waals surface area (Å²) in [5.41, 5.74) is -0.588. The second kappa shape index (κ2) is 5.12. The van der Waals surface area contributed by atoms with Gasteiger partial charge >= 0.3 is 0 Å². The van der Waals surface area contributed by atoms with E-state index < -0.39 is 5.60 Å². The minimum atomic E-state index is -0.588. The summed E-state index contributed by atoms with van der Waals surface area (Å²) >= 11 is 0. The fraction of sp³-hybridized carbons (Fsp3) is 0.700. The Balaban J connectivity index is 2.11. The first kappa shape index (κ1) is 11.2. The Kier molecular flexibility index (Phi) is 4.10. The Morgan fingerprint density at radius 3 is 2.93 bits per heavy atom. The molecule has 14 heavy (non-hydrogen) atoms. The first-order chi connectivity index (χ1) is 6.64. The zero-order chi connectivity index (χ0) is 10.4. The number of imidazole rings is 1. The molecule has 2 N–H and O–H groups in total. The van der Waals surface area contributed by atoms with Crippen LogP contribution in [-0.2, 0) is 6.54 Å². The van der Waals surface area contributed by atoms with Crippen molar-refractivity contribution in [3.8, 4) is 0 Å². The maximum absolute atomic E-state index is 9.70. The molecule has 4 nitrogen and oxygen atoms in total. The summed E-state index contributed by atoms with van der Waals surface area (Å²) in [6.07, 6.45) is 6.26. The van der Waals surface area contributed by atoms with E-state index >= 15 is 0 Å². The lowest BCUT2D eigenvalue weighted by atomic mass is 10.0. The van der Waals surface area contributed by atoms with Crippen molar-refractivity contribution in [3.63, 3.8) is 0 Å². The van der Waals surface area contributed by atoms with E-state index in [4.69, 9.17) is 0 Å². The van der Waals surface area contributed by atoms with E-state index in [1.54, 1.807) is 12.5 Å². The van der Waals surface area contributed by atoms with Gasteiger partial charge in [-0.2, -0.15) is 0 Å². The molecule has 4 heteroatoms. The molecule has 1 atom stereocenters. The van der Waals surface area contributed by atoms with Gasteiger partial charge in [0.05, 0.1) is 11.9 Å². The van der Waals surface area contributed by atoms with E-state index in [0.717, 1.165) is 19.5 Å². The average molecular weight is 197 g/mol. The number of hydrogen-bond donors (Lipinski definition) is 2. The molecule has 0 spiro atoms. The Bertz CT molecular complexity index is 244. The largest absolute Gasteiger partial charge is 0.389 e. The summed E-state index contributed by atoms with van der Waals surface area (Å²) in [6.45, 7) is 6.21. The van der Waals surface area contributed by atoms with Crippen LogP contribution >= 0.6 is 0 Å². The predicted molar refractivity (Wildman–Crippen MR) is 56.0 cm³/mol. The fourth-order valence-electron chi connectivity index (χ4n) is 1.11. The third-order valence-corrected chi connectivity index (χ3v) is 2.37. The summed E-state index contributed by atoms with van der Waals surface area (Å²) in [5, 5.41) is 12.9. The molecule has 0 aromatic carbocycles. The van der Waals surface area contributed by atoms with Crippen LogP contribution in [0.5, 0.6) is 0 Å². The second-order valence-electron chi connectivity index (χ2n) is 3.83. The summed E-state index contributed by atoms with van der Waals surface area (Å²) < 4.78 is 2.01. The van der Waals surface area contributed by atoms with E-state index in [0.29, 0.717) is 6.54 Å². The maximum atomic E-state index is 9.70. The molecule has 0 saturated carbocycles. The summed E-state index contributed by atoms with van der Waals surface area (Å²) in [5.74, 6) is 0. The third kappa shape index (κ3) is 3.89. The van der Waals surface area contributed by atoms with Gasteiger partial charge in [0.2, 0.25) is 0 Å². The first-order valence-corrected chi connectivity index (χ1v) is 5.03. The number of rotatable bonds is 6. The third-order valence-electron chi connectivity index (χ3n) is 2.37. The highest BCUT2D eigenvalue weighted by Crippen LogP contribution is 2.05. The van der Waals surface area contributed by atoms with E-state index in [2.05, 4.69) is 10.3 Å². The Labute approximate surface area is 85.0 Å². The van der Waals surface area contributed by atoms with Gasteiger partial charge in [-0.15, -0.1) is 0 Å². The SMILES string of the molecule is CCC(C)(O)CNCCn1ccnc1. The van der Waals surface area contributed by atoms with Gasteiger partial charge in [-0.3, -0.25) is 0 Å². The van der Waals surface area contributed by atoms with Crippen LogP contribution in [-0.4, -0.2) is 33.3 Å². The van der Waals surface area contributed by atoms with Crippen LogP contribution in [0.4, 0.5) is 0 Å². The minimum absolute atomic E-state index is 0.588. The van der Waals surface area contributed by atoms with Gasteiger partial charge in [0.25, 0.3) is 0 Å². The van der Waals surface area contributed by atoms with E-state index in [-0.39, 0.29) is 0 Å². The van der Waals surface area contributed by atoms with Gasteiger partial charge in [-0.05, 0) is 13.3 Å². The molecule has 1 heterocycles. The van der Waals surface area contributed by atoms with Gasteiger partial charge < -0.3 is 15.0 Å². The highest BCUT2D eigenvalue weighted by molar-refractivity contribution is 4.76. The smallest absolute Gasteiger partial charge is 0.0946 e. The van der Waals surface area contributed by atoms with Crippen LogP contribution in [0.3, 0.4) is 0 Å². The van der Waals surface area contributed by atoms with Crippen molar-refractivity contribution in [1.82, 2.24) is 14.9 Å². The van der Waals surface area contributed by atoms with Gasteiger partial charge in [-0.1, -0.05) is 6.92 Å². The molecule has 1 aromatic rings. The molecule has 0 aliphatic carbocycles. The molecule has 0 amide bonds. The average Bonchev–Trinajstić information content (AvgIpc) is 2.65. The Morgan fingerprint density at radius 2 is 2.36 bits per heavy atom. The van der Waals surface area contributed by atoms with Gasteiger partial charge in [0.1, 0.15) is 0 Å². The van der Waals surface area contributed by atoms with Crippen molar-refractivity contribution in [2.24, 2.45) is 0 Å².